The van der Waals surface area contributed by atoms with Gasteiger partial charge in [-0.15, -0.1) is 0 Å². The van der Waals surface area contributed by atoms with Gasteiger partial charge in [-0.1, -0.05) is 0 Å². The zero-order valence-corrected chi connectivity index (χ0v) is 4.20. The van der Waals surface area contributed by atoms with Crippen LogP contribution in [-0.4, -0.2) is 16.4 Å². The van der Waals surface area contributed by atoms with Crippen molar-refractivity contribution in [3.8, 4) is 0 Å². The molecule has 0 aliphatic carbocycles. The molecule has 4 nitrogen and oxygen atoms in total. The van der Waals surface area contributed by atoms with Crippen LogP contribution < -0.4 is 5.84 Å². The Kier molecular flexibility index (Phi) is 1.27. The molecule has 4 heteroatoms. The maximum atomic E-state index is 4.84. The molecule has 42 valence electrons. The number of hydrogen-bond acceptors (Lipinski definition) is 3. The third-order valence-corrected chi connectivity index (χ3v) is 0.736. The SMILES string of the molecule is NN=Cc1ccn[nH]1. The van der Waals surface area contributed by atoms with E-state index < -0.39 is 0 Å². The Balaban J connectivity index is 2.77. The van der Waals surface area contributed by atoms with Crippen molar-refractivity contribution in [2.24, 2.45) is 10.9 Å². The predicted octanol–water partition coefficient (Wildman–Crippen LogP) is -0.298. The molecule has 1 rings (SSSR count). The molecule has 0 unspecified atom stereocenters. The first-order valence-electron chi connectivity index (χ1n) is 2.16. The van der Waals surface area contributed by atoms with Crippen LogP contribution in [0.5, 0.6) is 0 Å². The molecule has 0 aliphatic rings. The minimum absolute atomic E-state index is 0.813. The highest BCUT2D eigenvalue weighted by Crippen LogP contribution is 1.82. The molecule has 1 aromatic heterocycles. The summed E-state index contributed by atoms with van der Waals surface area (Å²) >= 11 is 0. The van der Waals surface area contributed by atoms with Crippen LogP contribution in [0.3, 0.4) is 0 Å². The van der Waals surface area contributed by atoms with E-state index in [4.69, 9.17) is 5.84 Å². The Hall–Kier alpha value is -1.32. The van der Waals surface area contributed by atoms with E-state index in [1.165, 1.54) is 6.21 Å². The van der Waals surface area contributed by atoms with Crippen molar-refractivity contribution in [1.29, 1.82) is 0 Å². The summed E-state index contributed by atoms with van der Waals surface area (Å²) < 4.78 is 0. The molecule has 0 saturated carbocycles. The van der Waals surface area contributed by atoms with Gasteiger partial charge in [-0.05, 0) is 6.07 Å². The maximum Gasteiger partial charge on any atom is 0.0778 e. The summed E-state index contributed by atoms with van der Waals surface area (Å²) in [5.41, 5.74) is 0.813. The first kappa shape index (κ1) is 4.83. The topological polar surface area (TPSA) is 67.1 Å². The summed E-state index contributed by atoms with van der Waals surface area (Å²) in [6.45, 7) is 0. The minimum atomic E-state index is 0.813. The van der Waals surface area contributed by atoms with E-state index in [1.54, 1.807) is 12.3 Å². The van der Waals surface area contributed by atoms with Crippen LogP contribution in [0.2, 0.25) is 0 Å². The van der Waals surface area contributed by atoms with Gasteiger partial charge in [0.1, 0.15) is 0 Å². The van der Waals surface area contributed by atoms with E-state index in [2.05, 4.69) is 15.3 Å². The molecule has 0 aliphatic heterocycles. The Morgan fingerprint density at radius 3 is 3.25 bits per heavy atom. The molecule has 0 radical (unpaired) electrons. The van der Waals surface area contributed by atoms with Gasteiger partial charge in [0.15, 0.2) is 0 Å². The number of aromatic amines is 1. The summed E-state index contributed by atoms with van der Waals surface area (Å²) in [5, 5.41) is 9.61. The second-order valence-electron chi connectivity index (χ2n) is 1.29. The Labute approximate surface area is 46.4 Å². The molecule has 0 atom stereocenters. The average Bonchev–Trinajstić information content (AvgIpc) is 2.19. The lowest BCUT2D eigenvalue weighted by molar-refractivity contribution is 1.08. The quantitative estimate of drug-likeness (QED) is 0.296. The van der Waals surface area contributed by atoms with Gasteiger partial charge in [0.2, 0.25) is 0 Å². The van der Waals surface area contributed by atoms with Crippen molar-refractivity contribution >= 4 is 6.21 Å². The number of aromatic nitrogens is 2. The number of hydrogen-bond donors (Lipinski definition) is 2. The van der Waals surface area contributed by atoms with E-state index >= 15 is 0 Å². The molecule has 0 fully saturated rings. The van der Waals surface area contributed by atoms with Crippen LogP contribution in [-0.2, 0) is 0 Å². The van der Waals surface area contributed by atoms with Gasteiger partial charge in [-0.25, -0.2) is 0 Å². The van der Waals surface area contributed by atoms with Crippen LogP contribution in [0.4, 0.5) is 0 Å². The van der Waals surface area contributed by atoms with Gasteiger partial charge in [0, 0.05) is 6.20 Å². The maximum absolute atomic E-state index is 4.84. The second kappa shape index (κ2) is 2.11. The molecular formula is C4H6N4. The molecule has 0 aromatic carbocycles. The van der Waals surface area contributed by atoms with Gasteiger partial charge in [-0.3, -0.25) is 5.10 Å². The lowest BCUT2D eigenvalue weighted by atomic mass is 10.5. The van der Waals surface area contributed by atoms with Gasteiger partial charge in [0.25, 0.3) is 0 Å². The summed E-state index contributed by atoms with van der Waals surface area (Å²) in [6.07, 6.45) is 3.13. The molecule has 0 spiro atoms. The van der Waals surface area contributed by atoms with E-state index in [-0.39, 0.29) is 0 Å². The normalized spacial score (nSPS) is 10.5. The fourth-order valence-corrected chi connectivity index (χ4v) is 0.419. The minimum Gasteiger partial charge on any atom is -0.323 e. The number of hydrazone groups is 1. The zero-order chi connectivity index (χ0) is 5.82. The highest BCUT2D eigenvalue weighted by atomic mass is 15.1. The largest absolute Gasteiger partial charge is 0.323 e. The summed E-state index contributed by atoms with van der Waals surface area (Å²) in [6, 6.07) is 1.77. The number of rotatable bonds is 1. The zero-order valence-electron chi connectivity index (χ0n) is 4.20. The highest BCUT2D eigenvalue weighted by molar-refractivity contribution is 5.76. The molecule has 0 saturated heterocycles. The van der Waals surface area contributed by atoms with E-state index in [0.717, 1.165) is 5.69 Å². The smallest absolute Gasteiger partial charge is 0.0778 e. The fraction of sp³-hybridized carbons (Fsp3) is 0. The van der Waals surface area contributed by atoms with Crippen LogP contribution >= 0.6 is 0 Å². The Morgan fingerprint density at radius 2 is 2.75 bits per heavy atom. The molecule has 1 heterocycles. The molecular weight excluding hydrogens is 104 g/mol. The van der Waals surface area contributed by atoms with Crippen LogP contribution in [0, 0.1) is 0 Å². The van der Waals surface area contributed by atoms with E-state index in [1.807, 2.05) is 0 Å². The molecule has 0 bridgehead atoms. The van der Waals surface area contributed by atoms with Crippen molar-refractivity contribution in [2.75, 3.05) is 0 Å². The molecule has 3 N–H and O–H groups in total. The third kappa shape index (κ3) is 0.841. The Morgan fingerprint density at radius 1 is 1.88 bits per heavy atom. The lowest BCUT2D eigenvalue weighted by Gasteiger charge is -1.75. The van der Waals surface area contributed by atoms with E-state index in [9.17, 15) is 0 Å². The second-order valence-corrected chi connectivity index (χ2v) is 1.29. The standard InChI is InChI=1S/C4H6N4/c5-6-3-4-1-2-7-8-4/h1-3H,5H2,(H,7,8). The van der Waals surface area contributed by atoms with Crippen molar-refractivity contribution in [3.63, 3.8) is 0 Å². The van der Waals surface area contributed by atoms with Crippen LogP contribution in [0.1, 0.15) is 5.69 Å². The van der Waals surface area contributed by atoms with Crippen LogP contribution in [0.15, 0.2) is 17.4 Å². The van der Waals surface area contributed by atoms with Crippen molar-refractivity contribution in [3.05, 3.63) is 18.0 Å². The molecule has 1 aromatic rings. The average molecular weight is 110 g/mol. The van der Waals surface area contributed by atoms with Crippen molar-refractivity contribution < 1.29 is 0 Å². The molecule has 8 heavy (non-hydrogen) atoms. The Bertz CT molecular complexity index is 164. The predicted molar refractivity (Wildman–Crippen MR) is 30.4 cm³/mol. The van der Waals surface area contributed by atoms with Crippen LogP contribution in [0.25, 0.3) is 0 Å². The summed E-state index contributed by atoms with van der Waals surface area (Å²) in [7, 11) is 0. The fourth-order valence-electron chi connectivity index (χ4n) is 0.419. The summed E-state index contributed by atoms with van der Waals surface area (Å²) in [4.78, 5) is 0. The monoisotopic (exact) mass is 110 g/mol. The van der Waals surface area contributed by atoms with E-state index in [0.29, 0.717) is 0 Å². The summed E-state index contributed by atoms with van der Waals surface area (Å²) in [5.74, 6) is 4.84. The number of H-pyrrole nitrogens is 1. The van der Waals surface area contributed by atoms with Crippen molar-refractivity contribution in [1.82, 2.24) is 10.2 Å². The van der Waals surface area contributed by atoms with Crippen molar-refractivity contribution in [2.45, 2.75) is 0 Å². The first-order chi connectivity index (χ1) is 3.93. The molecule has 0 amide bonds. The third-order valence-electron chi connectivity index (χ3n) is 0.736. The van der Waals surface area contributed by atoms with Gasteiger partial charge < -0.3 is 5.84 Å². The first-order valence-corrected chi connectivity index (χ1v) is 2.16. The number of nitrogens with zero attached hydrogens (tertiary/aromatic N) is 2. The van der Waals surface area contributed by atoms with Gasteiger partial charge in [-0.2, -0.15) is 10.2 Å². The number of nitrogens with one attached hydrogen (secondary N) is 1. The lowest BCUT2D eigenvalue weighted by Crippen LogP contribution is -1.85. The number of nitrogens with two attached hydrogens (primary N) is 1. The highest BCUT2D eigenvalue weighted by Gasteiger charge is 1.81. The van der Waals surface area contributed by atoms with Gasteiger partial charge >= 0.3 is 0 Å². The van der Waals surface area contributed by atoms with Gasteiger partial charge in [0.05, 0.1) is 11.9 Å².